The Hall–Kier alpha value is -0.900. The lowest BCUT2D eigenvalue weighted by Gasteiger charge is -2.08. The molecule has 0 aromatic carbocycles. The highest BCUT2D eigenvalue weighted by Gasteiger charge is 2.24. The molecular formula is C6H10O4. The molecule has 0 heterocycles. The normalized spacial score (nSPS) is 13.2. The molecule has 0 amide bonds. The van der Waals surface area contributed by atoms with Gasteiger partial charge in [-0.1, -0.05) is 13.8 Å². The number of aliphatic hydroxyl groups excluding tert-OH is 1. The molecule has 0 aromatic heterocycles. The van der Waals surface area contributed by atoms with Crippen molar-refractivity contribution in [1.82, 2.24) is 0 Å². The van der Waals surface area contributed by atoms with Gasteiger partial charge in [-0.15, -0.1) is 0 Å². The minimum absolute atomic E-state index is 0.344. The predicted octanol–water partition coefficient (Wildman–Crippen LogP) is -0.343. The minimum atomic E-state index is -1.58. The Kier molecular flexibility index (Phi) is 3.02. The van der Waals surface area contributed by atoms with Crippen molar-refractivity contribution >= 4 is 11.8 Å². The molecular weight excluding hydrogens is 136 g/mol. The summed E-state index contributed by atoms with van der Waals surface area (Å²) in [7, 11) is 0. The number of carboxylic acids is 1. The Bertz CT molecular complexity index is 150. The van der Waals surface area contributed by atoms with Gasteiger partial charge in [-0.2, -0.15) is 0 Å². The second kappa shape index (κ2) is 3.31. The van der Waals surface area contributed by atoms with E-state index in [9.17, 15) is 9.59 Å². The second-order valence-corrected chi connectivity index (χ2v) is 2.36. The summed E-state index contributed by atoms with van der Waals surface area (Å²) in [5, 5.41) is 16.9. The van der Waals surface area contributed by atoms with Crippen molar-refractivity contribution in [3.8, 4) is 0 Å². The van der Waals surface area contributed by atoms with Crippen molar-refractivity contribution < 1.29 is 19.8 Å². The van der Waals surface area contributed by atoms with Crippen LogP contribution >= 0.6 is 0 Å². The summed E-state index contributed by atoms with van der Waals surface area (Å²) < 4.78 is 0. The first-order valence-corrected chi connectivity index (χ1v) is 2.92. The zero-order chi connectivity index (χ0) is 8.31. The number of hydrogen-bond donors (Lipinski definition) is 2. The smallest absolute Gasteiger partial charge is 0.375 e. The summed E-state index contributed by atoms with van der Waals surface area (Å²) in [6, 6.07) is 0. The summed E-state index contributed by atoms with van der Waals surface area (Å²) >= 11 is 0. The third-order valence-corrected chi connectivity index (χ3v) is 1.11. The van der Waals surface area contributed by atoms with Crippen LogP contribution in [0.5, 0.6) is 0 Å². The van der Waals surface area contributed by atoms with Gasteiger partial charge in [0.25, 0.3) is 5.78 Å². The summed E-state index contributed by atoms with van der Waals surface area (Å²) in [5.41, 5.74) is 0. The van der Waals surface area contributed by atoms with Crippen molar-refractivity contribution in [2.45, 2.75) is 20.0 Å². The van der Waals surface area contributed by atoms with Crippen LogP contribution in [0.4, 0.5) is 0 Å². The first-order chi connectivity index (χ1) is 4.46. The second-order valence-electron chi connectivity index (χ2n) is 2.36. The molecule has 0 saturated carbocycles. The number of hydrogen-bond acceptors (Lipinski definition) is 3. The molecule has 0 rings (SSSR count). The Balaban J connectivity index is 4.08. The highest BCUT2D eigenvalue weighted by atomic mass is 16.4. The van der Waals surface area contributed by atoms with Gasteiger partial charge in [0.1, 0.15) is 6.10 Å². The molecule has 0 aliphatic rings. The Morgan fingerprint density at radius 2 is 1.70 bits per heavy atom. The molecule has 0 saturated heterocycles. The van der Waals surface area contributed by atoms with E-state index in [1.807, 2.05) is 0 Å². The van der Waals surface area contributed by atoms with E-state index >= 15 is 0 Å². The van der Waals surface area contributed by atoms with E-state index in [-0.39, 0.29) is 5.92 Å². The third kappa shape index (κ3) is 2.14. The largest absolute Gasteiger partial charge is 0.475 e. The van der Waals surface area contributed by atoms with Crippen LogP contribution in [0.15, 0.2) is 0 Å². The Morgan fingerprint density at radius 3 is 1.80 bits per heavy atom. The molecule has 10 heavy (non-hydrogen) atoms. The lowest BCUT2D eigenvalue weighted by atomic mass is 10.0. The van der Waals surface area contributed by atoms with Crippen LogP contribution in [0.2, 0.25) is 0 Å². The van der Waals surface area contributed by atoms with E-state index < -0.39 is 17.9 Å². The molecule has 0 spiro atoms. The lowest BCUT2D eigenvalue weighted by Crippen LogP contribution is -2.32. The molecule has 1 atom stereocenters. The zero-order valence-electron chi connectivity index (χ0n) is 5.87. The predicted molar refractivity (Wildman–Crippen MR) is 33.5 cm³/mol. The van der Waals surface area contributed by atoms with E-state index in [1.54, 1.807) is 13.8 Å². The van der Waals surface area contributed by atoms with Gasteiger partial charge in [-0.3, -0.25) is 4.79 Å². The number of ketones is 1. The van der Waals surface area contributed by atoms with Crippen molar-refractivity contribution in [3.05, 3.63) is 0 Å². The fourth-order valence-corrected chi connectivity index (χ4v) is 0.429. The van der Waals surface area contributed by atoms with E-state index in [0.717, 1.165) is 0 Å². The van der Waals surface area contributed by atoms with E-state index in [4.69, 9.17) is 10.2 Å². The molecule has 1 unspecified atom stereocenters. The quantitative estimate of drug-likeness (QED) is 0.534. The maximum atomic E-state index is 10.4. The fraction of sp³-hybridized carbons (Fsp3) is 0.667. The minimum Gasteiger partial charge on any atom is -0.475 e. The molecule has 0 aliphatic carbocycles. The van der Waals surface area contributed by atoms with Crippen molar-refractivity contribution in [2.24, 2.45) is 5.92 Å². The van der Waals surface area contributed by atoms with E-state index in [0.29, 0.717) is 0 Å². The molecule has 0 aromatic rings. The average Bonchev–Trinajstić information content (AvgIpc) is 1.84. The number of aliphatic carboxylic acids is 1. The van der Waals surface area contributed by atoms with Crippen LogP contribution in [-0.4, -0.2) is 28.1 Å². The van der Waals surface area contributed by atoms with Gasteiger partial charge in [0.15, 0.2) is 0 Å². The zero-order valence-corrected chi connectivity index (χ0v) is 5.87. The third-order valence-electron chi connectivity index (χ3n) is 1.11. The van der Waals surface area contributed by atoms with Crippen molar-refractivity contribution in [3.63, 3.8) is 0 Å². The van der Waals surface area contributed by atoms with Crippen LogP contribution in [0.3, 0.4) is 0 Å². The first-order valence-electron chi connectivity index (χ1n) is 2.92. The van der Waals surface area contributed by atoms with Gasteiger partial charge in [0, 0.05) is 0 Å². The number of carbonyl (C=O) groups excluding carboxylic acids is 1. The Labute approximate surface area is 58.5 Å². The van der Waals surface area contributed by atoms with Crippen molar-refractivity contribution in [2.75, 3.05) is 0 Å². The van der Waals surface area contributed by atoms with Crippen LogP contribution in [0, 0.1) is 5.92 Å². The highest BCUT2D eigenvalue weighted by Crippen LogP contribution is 2.01. The molecule has 58 valence electrons. The molecule has 0 radical (unpaired) electrons. The summed E-state index contributed by atoms with van der Waals surface area (Å²) in [6.07, 6.45) is -1.38. The molecule has 2 N–H and O–H groups in total. The number of rotatable bonds is 3. The van der Waals surface area contributed by atoms with Crippen LogP contribution in [0.1, 0.15) is 13.8 Å². The molecule has 0 aliphatic heterocycles. The maximum absolute atomic E-state index is 10.4. The number of aliphatic hydroxyl groups is 1. The van der Waals surface area contributed by atoms with Gasteiger partial charge in [-0.25, -0.2) is 4.79 Å². The standard InChI is InChI=1S/C6H10O4/c1-3(2)4(7)5(8)6(9)10/h3-4,7H,1-2H3,(H,9,10). The van der Waals surface area contributed by atoms with Crippen molar-refractivity contribution in [1.29, 1.82) is 0 Å². The van der Waals surface area contributed by atoms with Crippen LogP contribution in [0.25, 0.3) is 0 Å². The first kappa shape index (κ1) is 9.10. The Morgan fingerprint density at radius 1 is 1.30 bits per heavy atom. The summed E-state index contributed by atoms with van der Waals surface area (Å²) in [6.45, 7) is 3.15. The number of carbonyl (C=O) groups is 2. The monoisotopic (exact) mass is 146 g/mol. The molecule has 4 heteroatoms. The topological polar surface area (TPSA) is 74.6 Å². The van der Waals surface area contributed by atoms with E-state index in [1.165, 1.54) is 0 Å². The average molecular weight is 146 g/mol. The van der Waals surface area contributed by atoms with E-state index in [2.05, 4.69) is 0 Å². The van der Waals surface area contributed by atoms with Gasteiger partial charge < -0.3 is 10.2 Å². The molecule has 0 fully saturated rings. The molecule has 0 bridgehead atoms. The van der Waals surface area contributed by atoms with Crippen LogP contribution in [-0.2, 0) is 9.59 Å². The highest BCUT2D eigenvalue weighted by molar-refractivity contribution is 6.34. The summed E-state index contributed by atoms with van der Waals surface area (Å²) in [5.74, 6) is -3.07. The maximum Gasteiger partial charge on any atom is 0.375 e. The van der Waals surface area contributed by atoms with Crippen LogP contribution < -0.4 is 0 Å². The van der Waals surface area contributed by atoms with Gasteiger partial charge >= 0.3 is 5.97 Å². The molecule has 4 nitrogen and oxygen atoms in total. The summed E-state index contributed by atoms with van der Waals surface area (Å²) in [4.78, 5) is 20.4. The fourth-order valence-electron chi connectivity index (χ4n) is 0.429. The number of carboxylic acid groups (broad SMARTS) is 1. The van der Waals surface area contributed by atoms with Gasteiger partial charge in [0.2, 0.25) is 0 Å². The number of Topliss-reactive ketones (excluding diaryl/α,β-unsaturated/α-hetero) is 1. The SMILES string of the molecule is CC(C)C(O)C(=O)C(=O)O. The van der Waals surface area contributed by atoms with Gasteiger partial charge in [-0.05, 0) is 5.92 Å². The lowest BCUT2D eigenvalue weighted by molar-refractivity contribution is -0.154. The van der Waals surface area contributed by atoms with Gasteiger partial charge in [0.05, 0.1) is 0 Å².